The number of hydrogen-bond donors (Lipinski definition) is 19. The zero-order valence-corrected chi connectivity index (χ0v) is 41.2. The van der Waals surface area contributed by atoms with Crippen LogP contribution in [0.4, 0.5) is 0 Å². The Labute approximate surface area is 431 Å². The van der Waals surface area contributed by atoms with E-state index in [0.29, 0.717) is 0 Å². The Balaban J connectivity index is 1.11. The predicted molar refractivity (Wildman–Crippen MR) is 235 cm³/mol. The van der Waals surface area contributed by atoms with Crippen molar-refractivity contribution in [2.24, 2.45) is 5.92 Å². The van der Waals surface area contributed by atoms with Gasteiger partial charge in [0.2, 0.25) is 17.7 Å². The molecule has 3 amide bonds. The number of aliphatic hydroxyl groups is 16. The molecule has 6 aliphatic heterocycles. The fourth-order valence-electron chi connectivity index (χ4n) is 10.5. The first kappa shape index (κ1) is 61.0. The average Bonchev–Trinajstić information content (AvgIpc) is 3.93. The van der Waals surface area contributed by atoms with E-state index < -0.39 is 240 Å². The second kappa shape index (κ2) is 25.0. The molecule has 6 saturated heterocycles. The van der Waals surface area contributed by atoms with Crippen LogP contribution in [0.5, 0.6) is 0 Å². The van der Waals surface area contributed by atoms with E-state index in [1.165, 1.54) is 13.8 Å². The summed E-state index contributed by atoms with van der Waals surface area (Å²) in [5.74, 6) is -6.03. The third kappa shape index (κ3) is 12.3. The number of fused-ring (bicyclic) bond motifs is 1. The van der Waals surface area contributed by atoms with Gasteiger partial charge in [0.05, 0.1) is 57.2 Å². The smallest absolute Gasteiger partial charge is 0.217 e. The minimum absolute atomic E-state index is 0.549. The molecule has 33 nitrogen and oxygen atoms in total. The topological polar surface area (TPSA) is 513 Å². The molecule has 30 atom stereocenters. The lowest BCUT2D eigenvalue weighted by atomic mass is 9.92. The van der Waals surface area contributed by atoms with Gasteiger partial charge < -0.3 is 150 Å². The van der Waals surface area contributed by atoms with E-state index in [2.05, 4.69) is 16.0 Å². The van der Waals surface area contributed by atoms with E-state index >= 15 is 0 Å². The normalized spacial score (nSPS) is 49.3. The van der Waals surface area contributed by atoms with E-state index in [9.17, 15) is 96.1 Å². The number of nitrogens with one attached hydrogen (secondary N) is 3. The maximum Gasteiger partial charge on any atom is 0.217 e. The van der Waals surface area contributed by atoms with Crippen molar-refractivity contribution in [2.75, 3.05) is 33.0 Å². The molecule has 0 radical (unpaired) electrons. The van der Waals surface area contributed by atoms with Crippen LogP contribution in [0.25, 0.3) is 0 Å². The molecule has 33 heteroatoms. The zero-order chi connectivity index (χ0) is 56.0. The summed E-state index contributed by atoms with van der Waals surface area (Å²) in [6, 6.07) is -4.51. The quantitative estimate of drug-likeness (QED) is 0.0567. The molecule has 7 fully saturated rings. The molecule has 1 aliphatic carbocycles. The minimum Gasteiger partial charge on any atom is -0.394 e. The summed E-state index contributed by atoms with van der Waals surface area (Å²) in [7, 11) is 0. The van der Waals surface area contributed by atoms with Gasteiger partial charge in [-0.15, -0.1) is 0 Å². The lowest BCUT2D eigenvalue weighted by Crippen LogP contribution is -2.70. The van der Waals surface area contributed by atoms with Crippen LogP contribution >= 0.6 is 0 Å². The van der Waals surface area contributed by atoms with Gasteiger partial charge in [-0.05, 0) is 6.92 Å². The van der Waals surface area contributed by atoms with E-state index in [4.69, 9.17) is 52.1 Å². The molecule has 13 unspecified atom stereocenters. The summed E-state index contributed by atoms with van der Waals surface area (Å²) < 4.78 is 64.3. The Morgan fingerprint density at radius 3 is 1.24 bits per heavy atom. The van der Waals surface area contributed by atoms with Gasteiger partial charge in [0.25, 0.3) is 0 Å². The van der Waals surface area contributed by atoms with E-state index in [-0.39, 0.29) is 0 Å². The highest BCUT2D eigenvalue weighted by Crippen LogP contribution is 2.52. The average molecular weight is 1110 g/mol. The maximum absolute atomic E-state index is 12.6. The molecule has 7 aliphatic rings. The van der Waals surface area contributed by atoms with Gasteiger partial charge in [0.1, 0.15) is 128 Å². The molecule has 0 aromatic rings. The van der Waals surface area contributed by atoms with Crippen molar-refractivity contribution in [1.29, 1.82) is 0 Å². The molecule has 19 N–H and O–H groups in total. The van der Waals surface area contributed by atoms with Crippen LogP contribution < -0.4 is 16.0 Å². The highest BCUT2D eigenvalue weighted by atomic mass is 16.8. The summed E-state index contributed by atoms with van der Waals surface area (Å²) in [6.45, 7) is -0.00405. The van der Waals surface area contributed by atoms with Gasteiger partial charge in [0.15, 0.2) is 37.2 Å². The van der Waals surface area contributed by atoms with Gasteiger partial charge in [-0.25, -0.2) is 0 Å². The molecule has 438 valence electrons. The van der Waals surface area contributed by atoms with Crippen molar-refractivity contribution >= 4 is 17.7 Å². The van der Waals surface area contributed by atoms with Gasteiger partial charge in [-0.1, -0.05) is 0 Å². The van der Waals surface area contributed by atoms with Crippen LogP contribution in [-0.2, 0) is 66.5 Å². The lowest BCUT2D eigenvalue weighted by Gasteiger charge is -2.51. The van der Waals surface area contributed by atoms with Crippen molar-refractivity contribution in [2.45, 2.75) is 211 Å². The Morgan fingerprint density at radius 1 is 0.395 bits per heavy atom. The first-order valence-electron chi connectivity index (χ1n) is 24.5. The van der Waals surface area contributed by atoms with E-state index in [1.54, 1.807) is 0 Å². The molecule has 0 aromatic heterocycles. The van der Waals surface area contributed by atoms with Crippen LogP contribution in [0.1, 0.15) is 27.7 Å². The number of carbonyl (C=O) groups is 3. The van der Waals surface area contributed by atoms with Crippen LogP contribution in [0.3, 0.4) is 0 Å². The predicted octanol–water partition coefficient (Wildman–Crippen LogP) is -12.6. The molecular formula is C43H71N3O30. The second-order valence-electron chi connectivity index (χ2n) is 19.8. The summed E-state index contributed by atoms with van der Waals surface area (Å²) in [4.78, 5) is 37.1. The highest BCUT2D eigenvalue weighted by Gasteiger charge is 2.73. The SMILES string of the molecule is CC(=O)NC1[C@H](OC2C(O)[C@H](O)C(CO)O[C@@H]2O[C@@H]2C(O)[C@H](O[C@@H]3C(CO)O[C@@H](O[C@@H]4C(CO)O[C@@H](C)C(NC(C)=O)[C@H]4O)C(NC(C)=O)[C@H]3O)OC(CO)[C@H]2O)OC(CO)[C@@H](O[C@@H]2OC3[C@@H]([C@H](O)C2O)C3(O)O)[C@@H]1O. The Bertz CT molecular complexity index is 1950. The van der Waals surface area contributed by atoms with Crippen LogP contribution in [-0.4, -0.2) is 316 Å². The molecule has 0 aromatic carbocycles. The highest BCUT2D eigenvalue weighted by molar-refractivity contribution is 5.74. The first-order valence-corrected chi connectivity index (χ1v) is 24.5. The summed E-state index contributed by atoms with van der Waals surface area (Å²) in [5.41, 5.74) is 0. The maximum atomic E-state index is 12.6. The fourth-order valence-corrected chi connectivity index (χ4v) is 10.5. The molecule has 6 heterocycles. The Kier molecular flexibility index (Phi) is 20.1. The van der Waals surface area contributed by atoms with Gasteiger partial charge in [-0.3, -0.25) is 14.4 Å². The molecular weight excluding hydrogens is 1040 g/mol. The second-order valence-corrected chi connectivity index (χ2v) is 19.8. The minimum atomic E-state index is -2.54. The summed E-state index contributed by atoms with van der Waals surface area (Å²) >= 11 is 0. The summed E-state index contributed by atoms with van der Waals surface area (Å²) in [5, 5.41) is 181. The van der Waals surface area contributed by atoms with Crippen molar-refractivity contribution in [3.63, 3.8) is 0 Å². The van der Waals surface area contributed by atoms with Crippen molar-refractivity contribution in [3.8, 4) is 0 Å². The number of rotatable bonds is 18. The van der Waals surface area contributed by atoms with Gasteiger partial charge >= 0.3 is 0 Å². The number of aliphatic hydroxyl groups excluding tert-OH is 14. The standard InChI is InChI=1S/C43H71N3O30/c1-10-20(44-11(2)52)26(58)32(16(7-49)66-10)71-38-21(45-12(3)53)27(59)34(18(9-51)69-38)73-41-31(63)35(24(56)15(6-48)67-41)74-42-36(29(61)23(55)14(5-47)68-42)75-39-22(46-13(4)54)28(60)33(17(8-50)70-39)72-40-30(62)25(57)19-37(76-40)43(19,64)65/h10,14-42,47-51,55-65H,5-9H2,1-4H3,(H,44,52)(H,45,53)(H,46,54)/t10-,14?,15?,16?,17?,18?,19+,20?,21?,22?,23+,24+,25-,26+,27+,28+,29?,30?,31?,32+,33+,34+,35-,36?,37?,38-,39-,40+,41-,42+/m0/s1. The van der Waals surface area contributed by atoms with Crippen molar-refractivity contribution < 1.29 is 148 Å². The third-order valence-corrected chi connectivity index (χ3v) is 14.5. The fraction of sp³-hybridized carbons (Fsp3) is 0.930. The van der Waals surface area contributed by atoms with E-state index in [1.807, 2.05) is 0 Å². The largest absolute Gasteiger partial charge is 0.394 e. The number of carbonyl (C=O) groups excluding carboxylic acids is 3. The van der Waals surface area contributed by atoms with Crippen LogP contribution in [0.15, 0.2) is 0 Å². The molecule has 1 saturated carbocycles. The molecule has 0 bridgehead atoms. The van der Waals surface area contributed by atoms with Crippen molar-refractivity contribution in [3.05, 3.63) is 0 Å². The van der Waals surface area contributed by atoms with E-state index in [0.717, 1.165) is 13.8 Å². The Morgan fingerprint density at radius 2 is 0.763 bits per heavy atom. The third-order valence-electron chi connectivity index (χ3n) is 14.5. The molecule has 76 heavy (non-hydrogen) atoms. The molecule has 0 spiro atoms. The Hall–Kier alpha value is -2.67. The first-order chi connectivity index (χ1) is 35.8. The van der Waals surface area contributed by atoms with Crippen molar-refractivity contribution in [1.82, 2.24) is 16.0 Å². The molecule has 7 rings (SSSR count). The van der Waals surface area contributed by atoms with Gasteiger partial charge in [0, 0.05) is 20.8 Å². The van der Waals surface area contributed by atoms with Crippen LogP contribution in [0, 0.1) is 5.92 Å². The number of amides is 3. The van der Waals surface area contributed by atoms with Crippen LogP contribution in [0.2, 0.25) is 0 Å². The lowest BCUT2D eigenvalue weighted by molar-refractivity contribution is -0.394. The summed E-state index contributed by atoms with van der Waals surface area (Å²) in [6.07, 6.45) is -47.2. The monoisotopic (exact) mass is 1110 g/mol. The van der Waals surface area contributed by atoms with Gasteiger partial charge in [-0.2, -0.15) is 0 Å². The number of ether oxygens (including phenoxy) is 11. The number of hydrogen-bond acceptors (Lipinski definition) is 30. The zero-order valence-electron chi connectivity index (χ0n) is 41.2.